The number of para-hydroxylation sites is 1. The van der Waals surface area contributed by atoms with Crippen molar-refractivity contribution in [3.05, 3.63) is 42.1 Å². The highest BCUT2D eigenvalue weighted by Gasteiger charge is 2.25. The van der Waals surface area contributed by atoms with Crippen molar-refractivity contribution in [1.82, 2.24) is 9.78 Å². The Morgan fingerprint density at radius 2 is 1.83 bits per heavy atom. The summed E-state index contributed by atoms with van der Waals surface area (Å²) in [5.74, 6) is -0.472. The summed E-state index contributed by atoms with van der Waals surface area (Å²) in [5.41, 5.74) is 0.227. The number of carbonyl (C=O) groups is 2. The van der Waals surface area contributed by atoms with Gasteiger partial charge in [0.05, 0.1) is 12.2 Å². The third kappa shape index (κ3) is 3.77. The van der Waals surface area contributed by atoms with Crippen molar-refractivity contribution < 1.29 is 14.7 Å². The Balaban J connectivity index is 2.41. The smallest absolute Gasteiger partial charge is 0.356 e. The van der Waals surface area contributed by atoms with Gasteiger partial charge in [0.15, 0.2) is 11.5 Å². The van der Waals surface area contributed by atoms with Crippen LogP contribution in [-0.4, -0.2) is 40.2 Å². The Labute approximate surface area is 135 Å². The molecule has 122 valence electrons. The maximum Gasteiger partial charge on any atom is 0.356 e. The van der Waals surface area contributed by atoms with Crippen LogP contribution in [0.15, 0.2) is 36.4 Å². The molecule has 1 heterocycles. The van der Waals surface area contributed by atoms with Crippen molar-refractivity contribution in [2.45, 2.75) is 20.8 Å². The van der Waals surface area contributed by atoms with E-state index in [1.165, 1.54) is 6.07 Å². The molecule has 0 aliphatic rings. The zero-order chi connectivity index (χ0) is 17.2. The molecular weight excluding hydrogens is 294 g/mol. The second kappa shape index (κ2) is 6.24. The second-order valence-electron chi connectivity index (χ2n) is 6.47. The lowest BCUT2D eigenvalue weighted by atomic mass is 9.90. The molecule has 0 bridgehead atoms. The number of rotatable bonds is 5. The first-order chi connectivity index (χ1) is 10.7. The predicted molar refractivity (Wildman–Crippen MR) is 88.3 cm³/mol. The van der Waals surface area contributed by atoms with Gasteiger partial charge in [0, 0.05) is 18.5 Å². The van der Waals surface area contributed by atoms with Crippen molar-refractivity contribution >= 4 is 17.6 Å². The van der Waals surface area contributed by atoms with Crippen molar-refractivity contribution in [3.63, 3.8) is 0 Å². The average molecular weight is 315 g/mol. The van der Waals surface area contributed by atoms with Crippen molar-refractivity contribution in [1.29, 1.82) is 0 Å². The standard InChI is InChI=1S/C17H21N3O3/c1-17(2,3)14(21)11-19(4)15-10-13(16(22)23)18-20(15)12-8-6-5-7-9-12/h5-10H,11H2,1-4H3,(H,22,23). The molecule has 2 aromatic rings. The van der Waals surface area contributed by atoms with E-state index >= 15 is 0 Å². The van der Waals surface area contributed by atoms with Gasteiger partial charge in [0.1, 0.15) is 5.82 Å². The van der Waals surface area contributed by atoms with E-state index in [1.807, 2.05) is 51.1 Å². The summed E-state index contributed by atoms with van der Waals surface area (Å²) in [6.07, 6.45) is 0. The number of benzene rings is 1. The minimum Gasteiger partial charge on any atom is -0.476 e. The normalized spacial score (nSPS) is 11.3. The van der Waals surface area contributed by atoms with Gasteiger partial charge in [0.25, 0.3) is 0 Å². The molecule has 1 aromatic carbocycles. The number of nitrogens with zero attached hydrogens (tertiary/aromatic N) is 3. The van der Waals surface area contributed by atoms with Crippen molar-refractivity contribution in [2.75, 3.05) is 18.5 Å². The van der Waals surface area contributed by atoms with Gasteiger partial charge >= 0.3 is 5.97 Å². The fraction of sp³-hybridized carbons (Fsp3) is 0.353. The fourth-order valence-corrected chi connectivity index (χ4v) is 2.04. The SMILES string of the molecule is CN(CC(=O)C(C)(C)C)c1cc(C(=O)O)nn1-c1ccccc1. The van der Waals surface area contributed by atoms with E-state index in [1.54, 1.807) is 16.6 Å². The third-order valence-corrected chi connectivity index (χ3v) is 3.52. The third-order valence-electron chi connectivity index (χ3n) is 3.52. The first-order valence-corrected chi connectivity index (χ1v) is 7.33. The van der Waals surface area contributed by atoms with Gasteiger partial charge in [-0.15, -0.1) is 0 Å². The van der Waals surface area contributed by atoms with Gasteiger partial charge in [-0.05, 0) is 12.1 Å². The maximum absolute atomic E-state index is 12.2. The van der Waals surface area contributed by atoms with Gasteiger partial charge in [-0.1, -0.05) is 39.0 Å². The number of carboxylic acids is 1. The molecule has 0 aliphatic heterocycles. The number of carbonyl (C=O) groups excluding carboxylic acids is 1. The van der Waals surface area contributed by atoms with Gasteiger partial charge in [-0.2, -0.15) is 5.10 Å². The summed E-state index contributed by atoms with van der Waals surface area (Å²) < 4.78 is 1.54. The number of likely N-dealkylation sites (N-methyl/N-ethyl adjacent to an activating group) is 1. The molecular formula is C17H21N3O3. The maximum atomic E-state index is 12.2. The quantitative estimate of drug-likeness (QED) is 0.918. The van der Waals surface area contributed by atoms with Crippen LogP contribution in [0.2, 0.25) is 0 Å². The molecule has 0 unspecified atom stereocenters. The Morgan fingerprint density at radius 3 is 2.35 bits per heavy atom. The molecule has 0 aliphatic carbocycles. The van der Waals surface area contributed by atoms with E-state index in [2.05, 4.69) is 5.10 Å². The highest BCUT2D eigenvalue weighted by molar-refractivity contribution is 5.89. The van der Waals surface area contributed by atoms with Crippen LogP contribution in [0.5, 0.6) is 0 Å². The summed E-state index contributed by atoms with van der Waals surface area (Å²) in [7, 11) is 1.76. The Morgan fingerprint density at radius 1 is 1.22 bits per heavy atom. The number of hydrogen-bond acceptors (Lipinski definition) is 4. The number of ketones is 1. The van der Waals surface area contributed by atoms with E-state index in [0.29, 0.717) is 5.82 Å². The van der Waals surface area contributed by atoms with Gasteiger partial charge in [-0.25, -0.2) is 9.48 Å². The van der Waals surface area contributed by atoms with Crippen LogP contribution in [-0.2, 0) is 4.79 Å². The molecule has 0 amide bonds. The number of hydrogen-bond donors (Lipinski definition) is 1. The zero-order valence-corrected chi connectivity index (χ0v) is 13.8. The number of carboxylic acid groups (broad SMARTS) is 1. The topological polar surface area (TPSA) is 75.4 Å². The first-order valence-electron chi connectivity index (χ1n) is 7.33. The Bertz CT molecular complexity index is 714. The van der Waals surface area contributed by atoms with E-state index in [-0.39, 0.29) is 18.0 Å². The summed E-state index contributed by atoms with van der Waals surface area (Å²) in [6, 6.07) is 10.7. The van der Waals surface area contributed by atoms with Crippen LogP contribution in [0, 0.1) is 5.41 Å². The van der Waals surface area contributed by atoms with E-state index < -0.39 is 11.4 Å². The second-order valence-corrected chi connectivity index (χ2v) is 6.47. The van der Waals surface area contributed by atoms with E-state index in [0.717, 1.165) is 5.69 Å². The predicted octanol–water partition coefficient (Wildman–Crippen LogP) is 2.62. The summed E-state index contributed by atoms with van der Waals surface area (Å²) in [4.78, 5) is 25.2. The van der Waals surface area contributed by atoms with Gasteiger partial charge in [-0.3, -0.25) is 4.79 Å². The van der Waals surface area contributed by atoms with Gasteiger partial charge in [0.2, 0.25) is 0 Å². The van der Waals surface area contributed by atoms with Crippen LogP contribution < -0.4 is 4.90 Å². The molecule has 6 nitrogen and oxygen atoms in total. The lowest BCUT2D eigenvalue weighted by Crippen LogP contribution is -2.34. The van der Waals surface area contributed by atoms with Gasteiger partial charge < -0.3 is 10.0 Å². The monoisotopic (exact) mass is 315 g/mol. The Kier molecular flexibility index (Phi) is 4.54. The summed E-state index contributed by atoms with van der Waals surface area (Å²) >= 11 is 0. The molecule has 0 spiro atoms. The van der Waals surface area contributed by atoms with Crippen LogP contribution >= 0.6 is 0 Å². The molecule has 1 N–H and O–H groups in total. The number of Topliss-reactive ketones (excluding diaryl/α,β-unsaturated/α-hetero) is 1. The van der Waals surface area contributed by atoms with Crippen LogP contribution in [0.1, 0.15) is 31.3 Å². The highest BCUT2D eigenvalue weighted by Crippen LogP contribution is 2.22. The number of aromatic nitrogens is 2. The van der Waals surface area contributed by atoms with E-state index in [9.17, 15) is 14.7 Å². The average Bonchev–Trinajstić information content (AvgIpc) is 2.92. The molecule has 0 radical (unpaired) electrons. The molecule has 0 saturated carbocycles. The molecule has 0 atom stereocenters. The lowest BCUT2D eigenvalue weighted by Gasteiger charge is -2.24. The molecule has 23 heavy (non-hydrogen) atoms. The molecule has 0 fully saturated rings. The summed E-state index contributed by atoms with van der Waals surface area (Å²) in [6.45, 7) is 5.77. The van der Waals surface area contributed by atoms with Crippen LogP contribution in [0.3, 0.4) is 0 Å². The zero-order valence-electron chi connectivity index (χ0n) is 13.8. The minimum atomic E-state index is -1.10. The number of aromatic carboxylic acids is 1. The van der Waals surface area contributed by atoms with Crippen molar-refractivity contribution in [2.24, 2.45) is 5.41 Å². The number of anilines is 1. The summed E-state index contributed by atoms with van der Waals surface area (Å²) in [5, 5.41) is 13.3. The molecule has 1 aromatic heterocycles. The molecule has 0 saturated heterocycles. The lowest BCUT2D eigenvalue weighted by molar-refractivity contribution is -0.124. The fourth-order valence-electron chi connectivity index (χ4n) is 2.04. The Hall–Kier alpha value is -2.63. The highest BCUT2D eigenvalue weighted by atomic mass is 16.4. The van der Waals surface area contributed by atoms with Crippen LogP contribution in [0.25, 0.3) is 5.69 Å². The van der Waals surface area contributed by atoms with Crippen molar-refractivity contribution in [3.8, 4) is 5.69 Å². The van der Waals surface area contributed by atoms with E-state index in [4.69, 9.17) is 0 Å². The van der Waals surface area contributed by atoms with Crippen LogP contribution in [0.4, 0.5) is 5.82 Å². The molecule has 2 rings (SSSR count). The first kappa shape index (κ1) is 16.7. The molecule has 6 heteroatoms. The largest absolute Gasteiger partial charge is 0.476 e. The minimum absolute atomic E-state index is 0.0566.